The topological polar surface area (TPSA) is 29.1 Å². The minimum Gasteiger partial charge on any atom is -0.352 e. The molecule has 2 nitrogen and oxygen atoms in total. The molecule has 3 atom stereocenters. The average Bonchev–Trinajstić information content (AvgIpc) is 2.76. The van der Waals surface area contributed by atoms with Crippen molar-refractivity contribution in [3.8, 4) is 0 Å². The molecule has 2 rings (SSSR count). The van der Waals surface area contributed by atoms with Gasteiger partial charge in [0.1, 0.15) is 0 Å². The van der Waals surface area contributed by atoms with Crippen LogP contribution >= 0.6 is 12.6 Å². The van der Waals surface area contributed by atoms with Gasteiger partial charge in [0.25, 0.3) is 0 Å². The minimum absolute atomic E-state index is 0.0703. The molecule has 0 aromatic heterocycles. The summed E-state index contributed by atoms with van der Waals surface area (Å²) in [5.74, 6) is 0.673. The summed E-state index contributed by atoms with van der Waals surface area (Å²) in [6.45, 7) is 2.21. The zero-order valence-corrected chi connectivity index (χ0v) is 11.7. The number of hydrogen-bond acceptors (Lipinski definition) is 2. The summed E-state index contributed by atoms with van der Waals surface area (Å²) >= 11 is 4.43. The number of nitrogens with one attached hydrogen (secondary N) is 1. The van der Waals surface area contributed by atoms with Crippen molar-refractivity contribution in [1.82, 2.24) is 5.32 Å². The van der Waals surface area contributed by atoms with E-state index in [0.29, 0.717) is 18.4 Å². The van der Waals surface area contributed by atoms with Gasteiger partial charge in [-0.1, -0.05) is 43.7 Å². The first kappa shape index (κ1) is 13.5. The van der Waals surface area contributed by atoms with E-state index in [4.69, 9.17) is 0 Å². The Morgan fingerprint density at radius 1 is 1.39 bits per heavy atom. The Balaban J connectivity index is 1.85. The van der Waals surface area contributed by atoms with Crippen LogP contribution in [-0.4, -0.2) is 17.2 Å². The zero-order valence-electron chi connectivity index (χ0n) is 10.8. The maximum absolute atomic E-state index is 12.1. The summed E-state index contributed by atoms with van der Waals surface area (Å²) in [6, 6.07) is 10.4. The highest BCUT2D eigenvalue weighted by Gasteiger charge is 2.26. The standard InChI is InChI=1S/C15H21NOS/c1-11-6-5-9-13(11)16-15(17)14(18)10-12-7-3-2-4-8-12/h2-4,7-8,11,13-14,18H,5-6,9-10H2,1H3,(H,16,17). The van der Waals surface area contributed by atoms with Crippen LogP contribution in [0.2, 0.25) is 0 Å². The molecule has 0 heterocycles. The fourth-order valence-electron chi connectivity index (χ4n) is 2.57. The minimum atomic E-state index is -0.250. The van der Waals surface area contributed by atoms with E-state index in [0.717, 1.165) is 12.0 Å². The van der Waals surface area contributed by atoms with Crippen molar-refractivity contribution in [3.05, 3.63) is 35.9 Å². The van der Waals surface area contributed by atoms with Crippen LogP contribution in [-0.2, 0) is 11.2 Å². The van der Waals surface area contributed by atoms with Crippen molar-refractivity contribution in [2.75, 3.05) is 0 Å². The second-order valence-corrected chi connectivity index (χ2v) is 5.85. The molecule has 1 amide bonds. The van der Waals surface area contributed by atoms with Gasteiger partial charge in [0.15, 0.2) is 0 Å². The van der Waals surface area contributed by atoms with Gasteiger partial charge in [-0.15, -0.1) is 0 Å². The Hall–Kier alpha value is -0.960. The van der Waals surface area contributed by atoms with Gasteiger partial charge in [0.2, 0.25) is 5.91 Å². The highest BCUT2D eigenvalue weighted by Crippen LogP contribution is 2.25. The summed E-state index contributed by atoms with van der Waals surface area (Å²) in [4.78, 5) is 12.1. The van der Waals surface area contributed by atoms with Crippen LogP contribution in [0, 0.1) is 5.92 Å². The van der Waals surface area contributed by atoms with Gasteiger partial charge in [-0.3, -0.25) is 4.79 Å². The summed E-state index contributed by atoms with van der Waals surface area (Å²) in [5.41, 5.74) is 1.16. The zero-order chi connectivity index (χ0) is 13.0. The number of thiol groups is 1. The lowest BCUT2D eigenvalue weighted by atomic mass is 10.1. The molecule has 1 aliphatic carbocycles. The van der Waals surface area contributed by atoms with Crippen LogP contribution in [0.4, 0.5) is 0 Å². The van der Waals surface area contributed by atoms with E-state index >= 15 is 0 Å². The smallest absolute Gasteiger partial charge is 0.233 e. The number of carbonyl (C=O) groups is 1. The Bertz CT molecular complexity index is 393. The molecule has 3 unspecified atom stereocenters. The van der Waals surface area contributed by atoms with Crippen LogP contribution in [0.15, 0.2) is 30.3 Å². The van der Waals surface area contributed by atoms with Gasteiger partial charge in [-0.05, 0) is 30.7 Å². The predicted molar refractivity (Wildman–Crippen MR) is 77.9 cm³/mol. The van der Waals surface area contributed by atoms with Gasteiger partial charge in [-0.25, -0.2) is 0 Å². The normalized spacial score (nSPS) is 24.8. The molecular weight excluding hydrogens is 242 g/mol. The Morgan fingerprint density at radius 2 is 2.11 bits per heavy atom. The Kier molecular flexibility index (Phi) is 4.70. The summed E-state index contributed by atoms with van der Waals surface area (Å²) in [7, 11) is 0. The van der Waals surface area contributed by atoms with Gasteiger partial charge < -0.3 is 5.32 Å². The number of rotatable bonds is 4. The summed E-state index contributed by atoms with van der Waals surface area (Å²) < 4.78 is 0. The van der Waals surface area contributed by atoms with Crippen molar-refractivity contribution in [1.29, 1.82) is 0 Å². The first-order chi connectivity index (χ1) is 8.66. The van der Waals surface area contributed by atoms with Crippen LogP contribution in [0.25, 0.3) is 0 Å². The molecule has 1 fully saturated rings. The monoisotopic (exact) mass is 263 g/mol. The van der Waals surface area contributed by atoms with Crippen molar-refractivity contribution in [3.63, 3.8) is 0 Å². The maximum atomic E-state index is 12.1. The Labute approximate surface area is 115 Å². The molecule has 3 heteroatoms. The van der Waals surface area contributed by atoms with Crippen molar-refractivity contribution in [2.24, 2.45) is 5.92 Å². The van der Waals surface area contributed by atoms with E-state index in [1.807, 2.05) is 30.3 Å². The quantitative estimate of drug-likeness (QED) is 0.804. The van der Waals surface area contributed by atoms with Crippen molar-refractivity contribution in [2.45, 2.75) is 43.9 Å². The number of hydrogen-bond donors (Lipinski definition) is 2. The lowest BCUT2D eigenvalue weighted by Gasteiger charge is -2.20. The largest absolute Gasteiger partial charge is 0.352 e. The first-order valence-corrected chi connectivity index (χ1v) is 7.21. The molecule has 1 aromatic rings. The molecule has 0 spiro atoms. The molecular formula is C15H21NOS. The van der Waals surface area contributed by atoms with Gasteiger partial charge in [0, 0.05) is 6.04 Å². The molecule has 98 valence electrons. The summed E-state index contributed by atoms with van der Waals surface area (Å²) in [5, 5.41) is 2.88. The average molecular weight is 263 g/mol. The molecule has 1 aromatic carbocycles. The lowest BCUT2D eigenvalue weighted by Crippen LogP contribution is -2.41. The highest BCUT2D eigenvalue weighted by atomic mass is 32.1. The van der Waals surface area contributed by atoms with E-state index in [2.05, 4.69) is 24.9 Å². The third-order valence-electron chi connectivity index (χ3n) is 3.76. The third kappa shape index (κ3) is 3.52. The van der Waals surface area contributed by atoms with Gasteiger partial charge in [0.05, 0.1) is 5.25 Å². The van der Waals surface area contributed by atoms with E-state index in [1.165, 1.54) is 12.8 Å². The first-order valence-electron chi connectivity index (χ1n) is 6.69. The molecule has 1 aliphatic rings. The van der Waals surface area contributed by atoms with Crippen molar-refractivity contribution < 1.29 is 4.79 Å². The van der Waals surface area contributed by atoms with E-state index in [9.17, 15) is 4.79 Å². The molecule has 0 radical (unpaired) electrons. The summed E-state index contributed by atoms with van der Waals surface area (Å²) in [6.07, 6.45) is 4.25. The number of carbonyl (C=O) groups excluding carboxylic acids is 1. The second kappa shape index (κ2) is 6.28. The fourth-order valence-corrected chi connectivity index (χ4v) is 2.85. The molecule has 1 saturated carbocycles. The molecule has 0 aliphatic heterocycles. The number of benzene rings is 1. The van der Waals surface area contributed by atoms with E-state index < -0.39 is 0 Å². The van der Waals surface area contributed by atoms with Crippen LogP contribution < -0.4 is 5.32 Å². The highest BCUT2D eigenvalue weighted by molar-refractivity contribution is 7.81. The van der Waals surface area contributed by atoms with Gasteiger partial charge in [-0.2, -0.15) is 12.6 Å². The second-order valence-electron chi connectivity index (χ2n) is 5.23. The SMILES string of the molecule is CC1CCCC1NC(=O)C(S)Cc1ccccc1. The predicted octanol–water partition coefficient (Wildman–Crippen LogP) is 2.83. The van der Waals surface area contributed by atoms with Crippen LogP contribution in [0.3, 0.4) is 0 Å². The fraction of sp³-hybridized carbons (Fsp3) is 0.533. The van der Waals surface area contributed by atoms with E-state index in [-0.39, 0.29) is 11.2 Å². The maximum Gasteiger partial charge on any atom is 0.233 e. The molecule has 0 bridgehead atoms. The third-order valence-corrected chi connectivity index (χ3v) is 4.18. The molecule has 1 N–H and O–H groups in total. The van der Waals surface area contributed by atoms with Crippen molar-refractivity contribution >= 4 is 18.5 Å². The molecule has 0 saturated heterocycles. The Morgan fingerprint density at radius 3 is 2.72 bits per heavy atom. The van der Waals surface area contributed by atoms with Gasteiger partial charge >= 0.3 is 0 Å². The van der Waals surface area contributed by atoms with Crippen LogP contribution in [0.1, 0.15) is 31.7 Å². The van der Waals surface area contributed by atoms with Crippen LogP contribution in [0.5, 0.6) is 0 Å². The number of amides is 1. The lowest BCUT2D eigenvalue weighted by molar-refractivity contribution is -0.121. The van der Waals surface area contributed by atoms with E-state index in [1.54, 1.807) is 0 Å². The molecule has 18 heavy (non-hydrogen) atoms.